The molecule has 2 bridgehead atoms. The van der Waals surface area contributed by atoms with E-state index in [9.17, 15) is 30.0 Å². The van der Waals surface area contributed by atoms with Crippen molar-refractivity contribution < 1.29 is 44.2 Å². The summed E-state index contributed by atoms with van der Waals surface area (Å²) in [5.74, 6) is 5.88. The standard InChI is InChI=1S/C44H47NO9/c1-52-40-19-26(12-14-37(40)48)18-38(49)42-22-28(47)21-32-31-17-25(15-16-46)11-13-27(31)20-35(33-23-39(50)41(53-2)24-34(32)33)44-30(8-4-6-10-43(51)54-42)29-7-3-5-9-36(29)45-44/h3,5,7,9,12,14,19-20,23-25,27,31-32,38,42,45-46,48-50H,8,10-11,13,15-18,21-22H2,1-2H3/t25-,27+,31+,32+,38-,42-/m0/s1. The number of ether oxygens (including phenoxy) is 3. The molecule has 1 saturated carbocycles. The van der Waals surface area contributed by atoms with E-state index in [0.717, 1.165) is 58.1 Å². The maximum atomic E-state index is 14.4. The molecule has 1 fully saturated rings. The number of ketones is 1. The number of Topliss-reactive ketones (excluding diaryl/α,β-unsaturated/α-hetero) is 1. The largest absolute Gasteiger partial charge is 0.504 e. The molecular weight excluding hydrogens is 686 g/mol. The number of benzene rings is 3. The van der Waals surface area contributed by atoms with E-state index >= 15 is 0 Å². The van der Waals surface area contributed by atoms with Gasteiger partial charge in [-0.25, -0.2) is 0 Å². The smallest absolute Gasteiger partial charge is 0.318 e. The lowest BCUT2D eigenvalue weighted by atomic mass is 9.65. The Morgan fingerprint density at radius 3 is 2.52 bits per heavy atom. The van der Waals surface area contributed by atoms with Crippen molar-refractivity contribution >= 4 is 28.2 Å². The number of aromatic nitrogens is 1. The molecule has 54 heavy (non-hydrogen) atoms. The molecule has 2 heterocycles. The van der Waals surface area contributed by atoms with Gasteiger partial charge in [0, 0.05) is 48.8 Å². The molecule has 0 spiro atoms. The van der Waals surface area contributed by atoms with Crippen molar-refractivity contribution in [2.45, 2.75) is 75.9 Å². The van der Waals surface area contributed by atoms with Crippen molar-refractivity contribution in [1.29, 1.82) is 0 Å². The summed E-state index contributed by atoms with van der Waals surface area (Å²) in [5.41, 5.74) is 6.00. The number of hydrogen-bond acceptors (Lipinski definition) is 9. The zero-order valence-electron chi connectivity index (χ0n) is 30.6. The molecule has 6 atom stereocenters. The lowest BCUT2D eigenvalue weighted by Crippen LogP contribution is -2.36. The fourth-order valence-electron chi connectivity index (χ4n) is 8.88. The molecular formula is C44H47NO9. The number of esters is 1. The molecule has 4 aromatic rings. The van der Waals surface area contributed by atoms with Gasteiger partial charge in [0.25, 0.3) is 0 Å². The second-order valence-electron chi connectivity index (χ2n) is 14.8. The molecule has 0 saturated heterocycles. The summed E-state index contributed by atoms with van der Waals surface area (Å²) in [6.07, 6.45) is 3.22. The van der Waals surface area contributed by atoms with E-state index in [1.165, 1.54) is 20.3 Å². The number of carbonyl (C=O) groups excluding carboxylic acids is 2. The number of aromatic amines is 1. The SMILES string of the molecule is COc1cc(C[C@H](O)[C@@H]2CC(=O)C[C@H]3c4cc(OC)c(O)cc4C(=C[C@H]4CC[C@@H](CCO)C[C@H]43)c3[nH]c4ccccc4c3CC#CCC(=O)O2)ccc1O. The van der Waals surface area contributed by atoms with Gasteiger partial charge < -0.3 is 39.6 Å². The first-order chi connectivity index (χ1) is 26.2. The number of para-hydroxylation sites is 1. The van der Waals surface area contributed by atoms with Gasteiger partial charge in [0.05, 0.1) is 26.0 Å². The van der Waals surface area contributed by atoms with E-state index in [1.54, 1.807) is 18.2 Å². The van der Waals surface area contributed by atoms with E-state index in [4.69, 9.17) is 14.2 Å². The third kappa shape index (κ3) is 7.57. The van der Waals surface area contributed by atoms with Crippen LogP contribution < -0.4 is 9.47 Å². The lowest BCUT2D eigenvalue weighted by molar-refractivity contribution is -0.155. The summed E-state index contributed by atoms with van der Waals surface area (Å²) < 4.78 is 16.7. The van der Waals surface area contributed by atoms with E-state index in [1.807, 2.05) is 30.3 Å². The minimum atomic E-state index is -1.24. The third-order valence-corrected chi connectivity index (χ3v) is 11.5. The van der Waals surface area contributed by atoms with Gasteiger partial charge in [-0.1, -0.05) is 42.2 Å². The minimum absolute atomic E-state index is 0.0110. The summed E-state index contributed by atoms with van der Waals surface area (Å²) in [5, 5.41) is 43.8. The number of allylic oxidation sites excluding steroid dienone is 1. The number of phenolic OH excluding ortho intramolecular Hbond substituents is 2. The molecule has 0 amide bonds. The highest BCUT2D eigenvalue weighted by atomic mass is 16.6. The van der Waals surface area contributed by atoms with Crippen LogP contribution in [-0.2, 0) is 27.2 Å². The number of phenols is 2. The molecule has 0 unspecified atom stereocenters. The first-order valence-electron chi connectivity index (χ1n) is 18.7. The van der Waals surface area contributed by atoms with Gasteiger partial charge in [0.15, 0.2) is 23.0 Å². The number of aliphatic hydroxyl groups excluding tert-OH is 2. The zero-order chi connectivity index (χ0) is 37.9. The summed E-state index contributed by atoms with van der Waals surface area (Å²) in [6, 6.07) is 16.3. The summed E-state index contributed by atoms with van der Waals surface area (Å²) in [7, 11) is 2.94. The topological polar surface area (TPSA) is 159 Å². The number of H-pyrrole nitrogens is 1. The lowest BCUT2D eigenvalue weighted by Gasteiger charge is -2.39. The second kappa shape index (κ2) is 16.0. The monoisotopic (exact) mass is 733 g/mol. The van der Waals surface area contributed by atoms with Gasteiger partial charge in [-0.3, -0.25) is 9.59 Å². The van der Waals surface area contributed by atoms with Gasteiger partial charge in [-0.05, 0) is 102 Å². The number of aromatic hydroxyl groups is 2. The van der Waals surface area contributed by atoms with Crippen LogP contribution >= 0.6 is 0 Å². The van der Waals surface area contributed by atoms with Crippen molar-refractivity contribution in [2.75, 3.05) is 20.8 Å². The average Bonchev–Trinajstić information content (AvgIpc) is 3.47. The highest BCUT2D eigenvalue weighted by Gasteiger charge is 2.41. The van der Waals surface area contributed by atoms with Gasteiger partial charge in [0.2, 0.25) is 0 Å². The Bertz CT molecular complexity index is 2140. The second-order valence-corrected chi connectivity index (χ2v) is 14.8. The van der Waals surface area contributed by atoms with Crippen LogP contribution in [0.1, 0.15) is 78.8 Å². The number of cyclic esters (lactones) is 1. The van der Waals surface area contributed by atoms with Crippen molar-refractivity contribution in [3.63, 3.8) is 0 Å². The van der Waals surface area contributed by atoms with Crippen LogP contribution in [-0.4, -0.2) is 70.2 Å². The normalized spacial score (nSPS) is 23.5. The number of carbonyl (C=O) groups is 2. The minimum Gasteiger partial charge on any atom is -0.504 e. The fraction of sp³-hybridized carbons (Fsp3) is 0.409. The number of aliphatic hydroxyl groups is 2. The molecule has 2 aliphatic carbocycles. The number of nitrogens with one attached hydrogen (secondary N) is 1. The summed E-state index contributed by atoms with van der Waals surface area (Å²) in [4.78, 5) is 31.3. The predicted octanol–water partition coefficient (Wildman–Crippen LogP) is 6.35. The molecule has 10 heteroatoms. The Balaban J connectivity index is 1.36. The molecule has 1 aliphatic heterocycles. The molecule has 7 rings (SSSR count). The third-order valence-electron chi connectivity index (χ3n) is 11.5. The molecule has 1 aromatic heterocycles. The zero-order valence-corrected chi connectivity index (χ0v) is 30.6. The summed E-state index contributed by atoms with van der Waals surface area (Å²) >= 11 is 0. The van der Waals surface area contributed by atoms with Crippen molar-refractivity contribution in [3.05, 3.63) is 88.6 Å². The Hall–Kier alpha value is -5.24. The molecule has 0 radical (unpaired) electrons. The number of fused-ring (bicyclic) bond motifs is 6. The van der Waals surface area contributed by atoms with Gasteiger partial charge in [-0.2, -0.15) is 0 Å². The Morgan fingerprint density at radius 1 is 0.944 bits per heavy atom. The van der Waals surface area contributed by atoms with E-state index in [2.05, 4.69) is 22.9 Å². The maximum absolute atomic E-state index is 14.4. The molecule has 5 N–H and O–H groups in total. The fourth-order valence-corrected chi connectivity index (χ4v) is 8.88. The van der Waals surface area contributed by atoms with Crippen LogP contribution in [0.5, 0.6) is 23.0 Å². The van der Waals surface area contributed by atoms with E-state index < -0.39 is 18.2 Å². The van der Waals surface area contributed by atoms with Gasteiger partial charge >= 0.3 is 5.97 Å². The first kappa shape index (κ1) is 37.1. The van der Waals surface area contributed by atoms with E-state index in [0.29, 0.717) is 24.2 Å². The van der Waals surface area contributed by atoms with E-state index in [-0.39, 0.29) is 79.0 Å². The number of rotatable bonds is 7. The van der Waals surface area contributed by atoms with Crippen LogP contribution in [0.25, 0.3) is 16.5 Å². The molecule has 10 nitrogen and oxygen atoms in total. The quantitative estimate of drug-likeness (QED) is 0.108. The van der Waals surface area contributed by atoms with Crippen LogP contribution in [0.2, 0.25) is 0 Å². The van der Waals surface area contributed by atoms with Crippen molar-refractivity contribution in [3.8, 4) is 34.8 Å². The highest BCUT2D eigenvalue weighted by molar-refractivity contribution is 5.94. The maximum Gasteiger partial charge on any atom is 0.318 e. The highest BCUT2D eigenvalue weighted by Crippen LogP contribution is 2.53. The Morgan fingerprint density at radius 2 is 1.72 bits per heavy atom. The molecule has 3 aromatic carbocycles. The average molecular weight is 734 g/mol. The van der Waals surface area contributed by atoms with Crippen LogP contribution in [0.3, 0.4) is 0 Å². The molecule has 3 aliphatic rings. The molecule has 282 valence electrons. The van der Waals surface area contributed by atoms with Crippen molar-refractivity contribution in [1.82, 2.24) is 4.98 Å². The number of hydrogen-bond donors (Lipinski definition) is 5. The first-order valence-corrected chi connectivity index (χ1v) is 18.7. The summed E-state index contributed by atoms with van der Waals surface area (Å²) in [6.45, 7) is 0.0856. The predicted molar refractivity (Wildman–Crippen MR) is 203 cm³/mol. The van der Waals surface area contributed by atoms with Crippen LogP contribution in [0.4, 0.5) is 0 Å². The van der Waals surface area contributed by atoms with Gasteiger partial charge in [-0.15, -0.1) is 0 Å². The van der Waals surface area contributed by atoms with Gasteiger partial charge in [0.1, 0.15) is 18.3 Å². The van der Waals surface area contributed by atoms with Crippen LogP contribution in [0.15, 0.2) is 60.7 Å². The van der Waals surface area contributed by atoms with Crippen molar-refractivity contribution in [2.24, 2.45) is 17.8 Å². The Kier molecular flexibility index (Phi) is 11.0. The number of methoxy groups -OCH3 is 2. The Labute approximate surface area is 314 Å². The van der Waals surface area contributed by atoms with Crippen LogP contribution in [0, 0.1) is 29.6 Å².